The summed E-state index contributed by atoms with van der Waals surface area (Å²) in [7, 11) is 0. The standard InChI is InChI=1S/C8H3Cl2N5S/c9-5-1-6(14-7(10)13-5)15-8-12-3-4(2-11)16-8/h1,3H,(H,12,13,14,15). The number of nitrogens with zero attached hydrogens (tertiary/aromatic N) is 4. The molecule has 0 fully saturated rings. The Balaban J connectivity index is 2.23. The molecule has 0 spiro atoms. The molecule has 0 aliphatic rings. The minimum atomic E-state index is 0.0482. The fourth-order valence-corrected chi connectivity index (χ4v) is 1.98. The number of hydrogen-bond acceptors (Lipinski definition) is 6. The summed E-state index contributed by atoms with van der Waals surface area (Å²) in [6.45, 7) is 0. The third-order valence-electron chi connectivity index (χ3n) is 1.52. The molecule has 2 aromatic heterocycles. The van der Waals surface area contributed by atoms with Gasteiger partial charge in [-0.3, -0.25) is 0 Å². The Bertz CT molecular complexity index is 542. The molecule has 2 heterocycles. The van der Waals surface area contributed by atoms with Crippen LogP contribution >= 0.6 is 34.5 Å². The largest absolute Gasteiger partial charge is 0.316 e. The normalized spacial score (nSPS) is 9.81. The first-order valence-corrected chi connectivity index (χ1v) is 5.57. The molecule has 0 unspecified atom stereocenters. The monoisotopic (exact) mass is 271 g/mol. The predicted octanol–water partition coefficient (Wildman–Crippen LogP) is 2.86. The van der Waals surface area contributed by atoms with Crippen LogP contribution in [0, 0.1) is 11.3 Å². The van der Waals surface area contributed by atoms with E-state index in [1.54, 1.807) is 0 Å². The van der Waals surface area contributed by atoms with Crippen molar-refractivity contribution in [3.63, 3.8) is 0 Å². The molecule has 5 nitrogen and oxygen atoms in total. The Kier molecular flexibility index (Phi) is 3.19. The van der Waals surface area contributed by atoms with Gasteiger partial charge in [0.2, 0.25) is 5.28 Å². The number of nitrogens with one attached hydrogen (secondary N) is 1. The Morgan fingerprint density at radius 2 is 2.19 bits per heavy atom. The van der Waals surface area contributed by atoms with Crippen molar-refractivity contribution in [2.24, 2.45) is 0 Å². The fourth-order valence-electron chi connectivity index (χ4n) is 0.947. The van der Waals surface area contributed by atoms with Gasteiger partial charge < -0.3 is 5.32 Å². The maximum absolute atomic E-state index is 8.63. The van der Waals surface area contributed by atoms with Gasteiger partial charge in [-0.25, -0.2) is 15.0 Å². The van der Waals surface area contributed by atoms with Crippen LogP contribution in [0.2, 0.25) is 10.4 Å². The summed E-state index contributed by atoms with van der Waals surface area (Å²) >= 11 is 12.5. The van der Waals surface area contributed by atoms with Gasteiger partial charge in [-0.15, -0.1) is 0 Å². The molecule has 80 valence electrons. The summed E-state index contributed by atoms with van der Waals surface area (Å²) in [5.74, 6) is 0.434. The molecule has 1 N–H and O–H groups in total. The number of anilines is 2. The second kappa shape index (κ2) is 4.61. The van der Waals surface area contributed by atoms with Gasteiger partial charge in [0.05, 0.1) is 6.20 Å². The van der Waals surface area contributed by atoms with Gasteiger partial charge in [0.15, 0.2) is 5.13 Å². The molecule has 16 heavy (non-hydrogen) atoms. The van der Waals surface area contributed by atoms with Gasteiger partial charge in [0.25, 0.3) is 0 Å². The van der Waals surface area contributed by atoms with E-state index < -0.39 is 0 Å². The van der Waals surface area contributed by atoms with E-state index in [1.165, 1.54) is 23.6 Å². The van der Waals surface area contributed by atoms with Crippen LogP contribution in [0.5, 0.6) is 0 Å². The molecule has 0 radical (unpaired) electrons. The molecular weight excluding hydrogens is 269 g/mol. The van der Waals surface area contributed by atoms with E-state index in [4.69, 9.17) is 28.5 Å². The molecule has 0 bridgehead atoms. The summed E-state index contributed by atoms with van der Waals surface area (Å²) < 4.78 is 0. The zero-order chi connectivity index (χ0) is 11.5. The Hall–Kier alpha value is -1.42. The van der Waals surface area contributed by atoms with Crippen molar-refractivity contribution in [3.05, 3.63) is 27.6 Å². The minimum Gasteiger partial charge on any atom is -0.316 e. The van der Waals surface area contributed by atoms with E-state index in [-0.39, 0.29) is 10.4 Å². The number of halogens is 2. The van der Waals surface area contributed by atoms with Gasteiger partial charge in [-0.1, -0.05) is 22.9 Å². The second-order valence-electron chi connectivity index (χ2n) is 2.61. The van der Waals surface area contributed by atoms with E-state index in [0.29, 0.717) is 15.8 Å². The first-order valence-electron chi connectivity index (χ1n) is 4.00. The zero-order valence-corrected chi connectivity index (χ0v) is 9.94. The SMILES string of the molecule is N#Cc1cnc(Nc2cc(Cl)nc(Cl)n2)s1. The highest BCUT2D eigenvalue weighted by molar-refractivity contribution is 7.16. The third-order valence-corrected chi connectivity index (χ3v) is 2.70. The Morgan fingerprint density at radius 3 is 2.81 bits per heavy atom. The first-order chi connectivity index (χ1) is 7.67. The van der Waals surface area contributed by atoms with E-state index in [0.717, 1.165) is 0 Å². The number of rotatable bonds is 2. The number of aromatic nitrogens is 3. The van der Waals surface area contributed by atoms with Crippen molar-refractivity contribution in [2.45, 2.75) is 0 Å². The highest BCUT2D eigenvalue weighted by atomic mass is 35.5. The summed E-state index contributed by atoms with van der Waals surface area (Å²) in [4.78, 5) is 12.1. The van der Waals surface area contributed by atoms with Gasteiger partial charge in [0, 0.05) is 6.07 Å². The fraction of sp³-hybridized carbons (Fsp3) is 0. The maximum Gasteiger partial charge on any atom is 0.225 e. The molecule has 8 heteroatoms. The molecular formula is C8H3Cl2N5S. The predicted molar refractivity (Wildman–Crippen MR) is 62.2 cm³/mol. The molecule has 0 saturated carbocycles. The van der Waals surface area contributed by atoms with E-state index in [9.17, 15) is 0 Å². The molecule has 0 aliphatic heterocycles. The van der Waals surface area contributed by atoms with Gasteiger partial charge in [-0.05, 0) is 11.6 Å². The smallest absolute Gasteiger partial charge is 0.225 e. The Morgan fingerprint density at radius 1 is 1.38 bits per heavy atom. The lowest BCUT2D eigenvalue weighted by Gasteiger charge is -2.01. The van der Waals surface area contributed by atoms with Crippen LogP contribution in [0.15, 0.2) is 12.3 Å². The average molecular weight is 272 g/mol. The van der Waals surface area contributed by atoms with E-state index in [1.807, 2.05) is 6.07 Å². The lowest BCUT2D eigenvalue weighted by molar-refractivity contribution is 1.16. The molecule has 0 aromatic carbocycles. The second-order valence-corrected chi connectivity index (χ2v) is 4.37. The van der Waals surface area contributed by atoms with Crippen molar-refractivity contribution in [1.29, 1.82) is 5.26 Å². The van der Waals surface area contributed by atoms with Crippen molar-refractivity contribution in [1.82, 2.24) is 15.0 Å². The molecule has 0 aliphatic carbocycles. The quantitative estimate of drug-likeness (QED) is 0.672. The third kappa shape index (κ3) is 2.58. The Labute approximate surface area is 105 Å². The highest BCUT2D eigenvalue weighted by Crippen LogP contribution is 2.22. The van der Waals surface area contributed by atoms with E-state index in [2.05, 4.69) is 20.3 Å². The maximum atomic E-state index is 8.63. The molecule has 2 aromatic rings. The van der Waals surface area contributed by atoms with Gasteiger partial charge in [0.1, 0.15) is 21.9 Å². The van der Waals surface area contributed by atoms with Crippen LogP contribution in [-0.2, 0) is 0 Å². The van der Waals surface area contributed by atoms with Crippen LogP contribution in [0.3, 0.4) is 0 Å². The van der Waals surface area contributed by atoms with Crippen LogP contribution in [0.4, 0.5) is 10.9 Å². The minimum absolute atomic E-state index is 0.0482. The van der Waals surface area contributed by atoms with Gasteiger partial charge >= 0.3 is 0 Å². The molecule has 2 rings (SSSR count). The summed E-state index contributed by atoms with van der Waals surface area (Å²) in [6, 6.07) is 3.50. The summed E-state index contributed by atoms with van der Waals surface area (Å²) in [5.41, 5.74) is 0. The lowest BCUT2D eigenvalue weighted by Crippen LogP contribution is -1.94. The van der Waals surface area contributed by atoms with Gasteiger partial charge in [-0.2, -0.15) is 5.26 Å². The van der Waals surface area contributed by atoms with Crippen molar-refractivity contribution in [3.8, 4) is 6.07 Å². The average Bonchev–Trinajstić information content (AvgIpc) is 2.64. The van der Waals surface area contributed by atoms with Crippen LogP contribution < -0.4 is 5.32 Å². The highest BCUT2D eigenvalue weighted by Gasteiger charge is 2.05. The van der Waals surface area contributed by atoms with Crippen LogP contribution in [0.25, 0.3) is 0 Å². The lowest BCUT2D eigenvalue weighted by atomic mass is 10.6. The molecule has 0 amide bonds. The topological polar surface area (TPSA) is 74.5 Å². The van der Waals surface area contributed by atoms with Crippen molar-refractivity contribution in [2.75, 3.05) is 5.32 Å². The molecule has 0 saturated heterocycles. The van der Waals surface area contributed by atoms with Crippen molar-refractivity contribution >= 4 is 45.5 Å². The number of thiazole rings is 1. The van der Waals surface area contributed by atoms with E-state index >= 15 is 0 Å². The van der Waals surface area contributed by atoms with Crippen LogP contribution in [-0.4, -0.2) is 15.0 Å². The number of hydrogen-bond donors (Lipinski definition) is 1. The first kappa shape index (κ1) is 11.1. The summed E-state index contributed by atoms with van der Waals surface area (Å²) in [6.07, 6.45) is 1.47. The molecule has 0 atom stereocenters. The zero-order valence-electron chi connectivity index (χ0n) is 7.61. The van der Waals surface area contributed by atoms with Crippen molar-refractivity contribution < 1.29 is 0 Å². The van der Waals surface area contributed by atoms with Crippen LogP contribution in [0.1, 0.15) is 4.88 Å². The summed E-state index contributed by atoms with van der Waals surface area (Å²) in [5, 5.41) is 12.3. The number of nitriles is 1.